The second-order valence-corrected chi connectivity index (χ2v) is 3.87. The van der Waals surface area contributed by atoms with Crippen LogP contribution in [-0.4, -0.2) is 16.5 Å². The molecule has 1 rings (SSSR count). The molecule has 0 aliphatic carbocycles. The minimum atomic E-state index is -0.0326. The van der Waals surface area contributed by atoms with E-state index in [4.69, 9.17) is 0 Å². The number of rotatable bonds is 4. The van der Waals surface area contributed by atoms with E-state index in [1.807, 2.05) is 45.2 Å². The van der Waals surface area contributed by atoms with Crippen molar-refractivity contribution in [1.29, 1.82) is 0 Å². The monoisotopic (exact) mass is 206 g/mol. The van der Waals surface area contributed by atoms with Crippen LogP contribution in [0.2, 0.25) is 0 Å². The molecule has 0 unspecified atom stereocenters. The Bertz CT molecular complexity index is 350. The molecule has 0 aliphatic heterocycles. The lowest BCUT2D eigenvalue weighted by Gasteiger charge is -2.04. The summed E-state index contributed by atoms with van der Waals surface area (Å²) in [4.78, 5) is 11.3. The van der Waals surface area contributed by atoms with Gasteiger partial charge in [0, 0.05) is 30.6 Å². The Morgan fingerprint density at radius 3 is 2.87 bits per heavy atom. The van der Waals surface area contributed by atoms with Crippen LogP contribution in [0.25, 0.3) is 0 Å². The summed E-state index contributed by atoms with van der Waals surface area (Å²) in [6, 6.07) is 4.23. The van der Waals surface area contributed by atoms with Crippen LogP contribution in [0.1, 0.15) is 19.5 Å². The number of hydrogen-bond acceptors (Lipinski definition) is 1. The molecule has 1 aromatic rings. The van der Waals surface area contributed by atoms with Gasteiger partial charge in [-0.1, -0.05) is 6.08 Å². The van der Waals surface area contributed by atoms with Crippen LogP contribution in [0.3, 0.4) is 0 Å². The van der Waals surface area contributed by atoms with E-state index in [2.05, 4.69) is 9.88 Å². The molecule has 0 aromatic carbocycles. The Hall–Kier alpha value is -1.51. The second kappa shape index (κ2) is 5.39. The quantitative estimate of drug-likeness (QED) is 0.750. The first-order chi connectivity index (χ1) is 7.09. The van der Waals surface area contributed by atoms with Crippen molar-refractivity contribution in [1.82, 2.24) is 9.88 Å². The minimum absolute atomic E-state index is 0.0326. The standard InChI is InChI=1S/C12H18N2O/c1-10(2)13-12(15)7-5-9-14-8-4-6-11(14)3/h4-8,10H,9H2,1-3H3,(H,13,15)/b7-5+. The van der Waals surface area contributed by atoms with Crippen LogP contribution in [0.15, 0.2) is 30.5 Å². The Kier molecular flexibility index (Phi) is 4.16. The molecule has 1 amide bonds. The van der Waals surface area contributed by atoms with Crippen molar-refractivity contribution in [2.75, 3.05) is 0 Å². The molecule has 0 fully saturated rings. The molecule has 3 heteroatoms. The molecule has 1 aromatic heterocycles. The Balaban J connectivity index is 2.40. The highest BCUT2D eigenvalue weighted by Crippen LogP contribution is 1.99. The molecule has 0 saturated carbocycles. The van der Waals surface area contributed by atoms with Crippen molar-refractivity contribution in [3.05, 3.63) is 36.2 Å². The van der Waals surface area contributed by atoms with E-state index in [1.165, 1.54) is 5.69 Å². The molecule has 1 heterocycles. The van der Waals surface area contributed by atoms with Gasteiger partial charge in [0.1, 0.15) is 0 Å². The fourth-order valence-electron chi connectivity index (χ4n) is 1.31. The molecule has 3 nitrogen and oxygen atoms in total. The number of nitrogens with one attached hydrogen (secondary N) is 1. The maximum atomic E-state index is 11.3. The van der Waals surface area contributed by atoms with Crippen LogP contribution in [0.4, 0.5) is 0 Å². The first-order valence-corrected chi connectivity index (χ1v) is 5.18. The van der Waals surface area contributed by atoms with E-state index in [1.54, 1.807) is 6.08 Å². The van der Waals surface area contributed by atoms with Crippen molar-refractivity contribution in [3.8, 4) is 0 Å². The number of aryl methyl sites for hydroxylation is 1. The molecule has 82 valence electrons. The predicted octanol–water partition coefficient (Wildman–Crippen LogP) is 1.88. The molecule has 0 aliphatic rings. The van der Waals surface area contributed by atoms with Gasteiger partial charge in [-0.3, -0.25) is 4.79 Å². The summed E-state index contributed by atoms with van der Waals surface area (Å²) < 4.78 is 2.08. The Morgan fingerprint density at radius 1 is 1.60 bits per heavy atom. The maximum absolute atomic E-state index is 11.3. The van der Waals surface area contributed by atoms with Gasteiger partial charge in [-0.05, 0) is 32.9 Å². The topological polar surface area (TPSA) is 34.0 Å². The zero-order valence-corrected chi connectivity index (χ0v) is 9.53. The van der Waals surface area contributed by atoms with E-state index in [9.17, 15) is 4.79 Å². The first-order valence-electron chi connectivity index (χ1n) is 5.18. The number of amides is 1. The number of aromatic nitrogens is 1. The van der Waals surface area contributed by atoms with Gasteiger partial charge in [0.15, 0.2) is 0 Å². The number of nitrogens with zero attached hydrogens (tertiary/aromatic N) is 1. The van der Waals surface area contributed by atoms with Gasteiger partial charge in [-0.2, -0.15) is 0 Å². The zero-order valence-electron chi connectivity index (χ0n) is 9.53. The van der Waals surface area contributed by atoms with Gasteiger partial charge in [0.2, 0.25) is 5.91 Å². The molecule has 0 saturated heterocycles. The van der Waals surface area contributed by atoms with E-state index in [0.29, 0.717) is 0 Å². The highest BCUT2D eigenvalue weighted by atomic mass is 16.1. The van der Waals surface area contributed by atoms with E-state index in [-0.39, 0.29) is 11.9 Å². The fraction of sp³-hybridized carbons (Fsp3) is 0.417. The molecule has 15 heavy (non-hydrogen) atoms. The van der Waals surface area contributed by atoms with Crippen LogP contribution in [0.5, 0.6) is 0 Å². The first kappa shape index (κ1) is 11.6. The van der Waals surface area contributed by atoms with E-state index < -0.39 is 0 Å². The third-order valence-corrected chi connectivity index (χ3v) is 2.06. The number of hydrogen-bond donors (Lipinski definition) is 1. The molecule has 0 atom stereocenters. The number of allylic oxidation sites excluding steroid dienone is 1. The lowest BCUT2D eigenvalue weighted by molar-refractivity contribution is -0.116. The third kappa shape index (κ3) is 4.02. The normalized spacial score (nSPS) is 11.2. The van der Waals surface area contributed by atoms with Crippen molar-refractivity contribution in [3.63, 3.8) is 0 Å². The summed E-state index contributed by atoms with van der Waals surface area (Å²) in [7, 11) is 0. The summed E-state index contributed by atoms with van der Waals surface area (Å²) >= 11 is 0. The molecular weight excluding hydrogens is 188 g/mol. The van der Waals surface area contributed by atoms with Crippen molar-refractivity contribution >= 4 is 5.91 Å². The van der Waals surface area contributed by atoms with Crippen LogP contribution < -0.4 is 5.32 Å². The summed E-state index contributed by atoms with van der Waals surface area (Å²) in [5, 5.41) is 2.80. The second-order valence-electron chi connectivity index (χ2n) is 3.87. The van der Waals surface area contributed by atoms with Crippen molar-refractivity contribution < 1.29 is 4.79 Å². The van der Waals surface area contributed by atoms with Crippen molar-refractivity contribution in [2.45, 2.75) is 33.4 Å². The minimum Gasteiger partial charge on any atom is -0.350 e. The highest BCUT2D eigenvalue weighted by molar-refractivity contribution is 5.87. The van der Waals surface area contributed by atoms with Crippen LogP contribution >= 0.6 is 0 Å². The molecule has 0 spiro atoms. The molecule has 0 radical (unpaired) electrons. The average molecular weight is 206 g/mol. The molecule has 1 N–H and O–H groups in total. The average Bonchev–Trinajstić information content (AvgIpc) is 2.50. The fourth-order valence-corrected chi connectivity index (χ4v) is 1.31. The molecule has 0 bridgehead atoms. The highest BCUT2D eigenvalue weighted by Gasteiger charge is 1.97. The van der Waals surface area contributed by atoms with Gasteiger partial charge in [-0.15, -0.1) is 0 Å². The van der Waals surface area contributed by atoms with Gasteiger partial charge in [0.05, 0.1) is 0 Å². The van der Waals surface area contributed by atoms with Crippen LogP contribution in [0, 0.1) is 6.92 Å². The predicted molar refractivity (Wildman–Crippen MR) is 61.6 cm³/mol. The summed E-state index contributed by atoms with van der Waals surface area (Å²) in [6.07, 6.45) is 5.45. The number of carbonyl (C=O) groups excluding carboxylic acids is 1. The summed E-state index contributed by atoms with van der Waals surface area (Å²) in [5.41, 5.74) is 1.20. The van der Waals surface area contributed by atoms with E-state index >= 15 is 0 Å². The van der Waals surface area contributed by atoms with Gasteiger partial charge in [-0.25, -0.2) is 0 Å². The lowest BCUT2D eigenvalue weighted by atomic mass is 10.3. The molecular formula is C12H18N2O. The van der Waals surface area contributed by atoms with E-state index in [0.717, 1.165) is 6.54 Å². The summed E-state index contributed by atoms with van der Waals surface area (Å²) in [5.74, 6) is -0.0326. The zero-order chi connectivity index (χ0) is 11.3. The van der Waals surface area contributed by atoms with Gasteiger partial charge < -0.3 is 9.88 Å². The van der Waals surface area contributed by atoms with Gasteiger partial charge >= 0.3 is 0 Å². The summed E-state index contributed by atoms with van der Waals surface area (Å²) in [6.45, 7) is 6.68. The van der Waals surface area contributed by atoms with Crippen LogP contribution in [-0.2, 0) is 11.3 Å². The number of carbonyl (C=O) groups is 1. The Labute approximate surface area is 90.8 Å². The SMILES string of the molecule is Cc1cccn1C/C=C/C(=O)NC(C)C. The maximum Gasteiger partial charge on any atom is 0.243 e. The third-order valence-electron chi connectivity index (χ3n) is 2.06. The smallest absolute Gasteiger partial charge is 0.243 e. The van der Waals surface area contributed by atoms with Gasteiger partial charge in [0.25, 0.3) is 0 Å². The Morgan fingerprint density at radius 2 is 2.33 bits per heavy atom. The largest absolute Gasteiger partial charge is 0.350 e. The lowest BCUT2D eigenvalue weighted by Crippen LogP contribution is -2.28. The van der Waals surface area contributed by atoms with Crippen molar-refractivity contribution in [2.24, 2.45) is 0 Å².